The zero-order chi connectivity index (χ0) is 16.2. The Morgan fingerprint density at radius 1 is 1.36 bits per heavy atom. The first-order valence-electron chi connectivity index (χ1n) is 7.87. The molecule has 1 heterocycles. The maximum absolute atomic E-state index is 12.5. The molecule has 0 fully saturated rings. The molecule has 0 saturated heterocycles. The van der Waals surface area contributed by atoms with Crippen LogP contribution in [0.15, 0.2) is 18.2 Å². The largest absolute Gasteiger partial charge is 0.491 e. The molecule has 5 heteroatoms. The van der Waals surface area contributed by atoms with Crippen molar-refractivity contribution in [2.24, 2.45) is 5.73 Å². The molecular formula is C17H26N2O3. The van der Waals surface area contributed by atoms with E-state index in [4.69, 9.17) is 15.2 Å². The third-order valence-corrected chi connectivity index (χ3v) is 3.40. The number of nitrogens with zero attached hydrogens (tertiary/aromatic N) is 1. The Hall–Kier alpha value is -1.75. The van der Waals surface area contributed by atoms with Gasteiger partial charge < -0.3 is 15.2 Å². The molecule has 2 rings (SSSR count). The van der Waals surface area contributed by atoms with Gasteiger partial charge in [-0.25, -0.2) is 4.79 Å². The van der Waals surface area contributed by atoms with Crippen LogP contribution in [0.3, 0.4) is 0 Å². The monoisotopic (exact) mass is 306 g/mol. The molecule has 0 aromatic heterocycles. The Morgan fingerprint density at radius 2 is 2.14 bits per heavy atom. The fourth-order valence-electron chi connectivity index (χ4n) is 2.50. The summed E-state index contributed by atoms with van der Waals surface area (Å²) in [5, 5.41) is 0. The van der Waals surface area contributed by atoms with Crippen LogP contribution in [0.4, 0.5) is 10.5 Å². The molecule has 22 heavy (non-hydrogen) atoms. The lowest BCUT2D eigenvalue weighted by molar-refractivity contribution is 0.0576. The summed E-state index contributed by atoms with van der Waals surface area (Å²) >= 11 is 0. The Labute approximate surface area is 132 Å². The number of benzene rings is 1. The molecule has 0 unspecified atom stereocenters. The smallest absolute Gasteiger partial charge is 0.414 e. The molecule has 1 amide bonds. The second-order valence-corrected chi connectivity index (χ2v) is 6.49. The fourth-order valence-corrected chi connectivity index (χ4v) is 2.50. The van der Waals surface area contributed by atoms with Gasteiger partial charge in [0.1, 0.15) is 11.4 Å². The highest BCUT2D eigenvalue weighted by molar-refractivity contribution is 5.91. The summed E-state index contributed by atoms with van der Waals surface area (Å²) in [7, 11) is 0. The molecule has 1 aliphatic heterocycles. The minimum Gasteiger partial charge on any atom is -0.491 e. The minimum atomic E-state index is -0.510. The second kappa shape index (κ2) is 7.01. The zero-order valence-electron chi connectivity index (χ0n) is 13.7. The zero-order valence-corrected chi connectivity index (χ0v) is 13.7. The summed E-state index contributed by atoms with van der Waals surface area (Å²) in [4.78, 5) is 14.2. The molecule has 0 bridgehead atoms. The fraction of sp³-hybridized carbons (Fsp3) is 0.588. The Balaban J connectivity index is 2.25. The highest BCUT2D eigenvalue weighted by atomic mass is 16.6. The number of hydrogen-bond acceptors (Lipinski definition) is 4. The molecule has 0 aliphatic carbocycles. The van der Waals surface area contributed by atoms with Gasteiger partial charge >= 0.3 is 6.09 Å². The number of para-hydroxylation sites is 1. The number of carbonyl (C=O) groups is 1. The van der Waals surface area contributed by atoms with Crippen LogP contribution in [0.2, 0.25) is 0 Å². The summed E-state index contributed by atoms with van der Waals surface area (Å²) in [5.41, 5.74) is 6.98. The number of amides is 1. The molecule has 5 nitrogen and oxygen atoms in total. The summed E-state index contributed by atoms with van der Waals surface area (Å²) in [6.07, 6.45) is 2.35. The van der Waals surface area contributed by atoms with Crippen LogP contribution in [-0.2, 0) is 11.2 Å². The van der Waals surface area contributed by atoms with Crippen molar-refractivity contribution in [2.75, 3.05) is 24.6 Å². The lowest BCUT2D eigenvalue weighted by Gasteiger charge is -2.32. The van der Waals surface area contributed by atoms with Gasteiger partial charge in [0.2, 0.25) is 0 Å². The third kappa shape index (κ3) is 4.13. The SMILES string of the molecule is CC(C)(C)OC(=O)N1CCCc2cccc(OCCCN)c21. The van der Waals surface area contributed by atoms with Crippen LogP contribution >= 0.6 is 0 Å². The van der Waals surface area contributed by atoms with Gasteiger partial charge in [0.15, 0.2) is 0 Å². The number of carbonyl (C=O) groups excluding carboxylic acids is 1. The molecular weight excluding hydrogens is 280 g/mol. The van der Waals surface area contributed by atoms with Gasteiger partial charge in [-0.2, -0.15) is 0 Å². The van der Waals surface area contributed by atoms with E-state index in [2.05, 4.69) is 0 Å². The predicted molar refractivity (Wildman–Crippen MR) is 87.5 cm³/mol. The Bertz CT molecular complexity index is 523. The van der Waals surface area contributed by atoms with Crippen LogP contribution in [-0.4, -0.2) is 31.4 Å². The molecule has 0 atom stereocenters. The van der Waals surface area contributed by atoms with E-state index in [9.17, 15) is 4.79 Å². The molecule has 0 spiro atoms. The lowest BCUT2D eigenvalue weighted by atomic mass is 10.0. The van der Waals surface area contributed by atoms with Crippen molar-refractivity contribution in [3.63, 3.8) is 0 Å². The van der Waals surface area contributed by atoms with E-state index in [1.54, 1.807) is 4.90 Å². The highest BCUT2D eigenvalue weighted by Crippen LogP contribution is 2.37. The van der Waals surface area contributed by atoms with Gasteiger partial charge in [-0.05, 0) is 58.2 Å². The van der Waals surface area contributed by atoms with Crippen molar-refractivity contribution in [3.8, 4) is 5.75 Å². The van der Waals surface area contributed by atoms with Crippen LogP contribution in [0.1, 0.15) is 39.2 Å². The summed E-state index contributed by atoms with van der Waals surface area (Å²) in [6.45, 7) is 7.41. The van der Waals surface area contributed by atoms with Crippen molar-refractivity contribution in [3.05, 3.63) is 23.8 Å². The molecule has 122 valence electrons. The van der Waals surface area contributed by atoms with E-state index in [1.165, 1.54) is 0 Å². The van der Waals surface area contributed by atoms with Crippen molar-refractivity contribution in [2.45, 2.75) is 45.6 Å². The van der Waals surface area contributed by atoms with E-state index < -0.39 is 5.60 Å². The van der Waals surface area contributed by atoms with Crippen molar-refractivity contribution < 1.29 is 14.3 Å². The van der Waals surface area contributed by atoms with E-state index in [-0.39, 0.29) is 6.09 Å². The quantitative estimate of drug-likeness (QED) is 0.868. The predicted octanol–water partition coefficient (Wildman–Crippen LogP) is 3.10. The second-order valence-electron chi connectivity index (χ2n) is 6.49. The van der Waals surface area contributed by atoms with Crippen LogP contribution < -0.4 is 15.4 Å². The standard InChI is InChI=1S/C17H26N2O3/c1-17(2,3)22-16(20)19-11-5-8-13-7-4-9-14(15(13)19)21-12-6-10-18/h4,7,9H,5-6,8,10-12,18H2,1-3H3. The van der Waals surface area contributed by atoms with Gasteiger partial charge in [-0.3, -0.25) is 4.90 Å². The Morgan fingerprint density at radius 3 is 2.82 bits per heavy atom. The Kier molecular flexibility index (Phi) is 5.29. The molecule has 0 radical (unpaired) electrons. The topological polar surface area (TPSA) is 64.8 Å². The normalized spacial score (nSPS) is 14.5. The van der Waals surface area contributed by atoms with Crippen molar-refractivity contribution >= 4 is 11.8 Å². The third-order valence-electron chi connectivity index (χ3n) is 3.40. The first-order chi connectivity index (χ1) is 10.4. The van der Waals surface area contributed by atoms with Crippen molar-refractivity contribution in [1.29, 1.82) is 0 Å². The number of anilines is 1. The average molecular weight is 306 g/mol. The summed E-state index contributed by atoms with van der Waals surface area (Å²) in [5.74, 6) is 0.733. The van der Waals surface area contributed by atoms with Gasteiger partial charge in [0, 0.05) is 6.54 Å². The van der Waals surface area contributed by atoms with Crippen molar-refractivity contribution in [1.82, 2.24) is 0 Å². The summed E-state index contributed by atoms with van der Waals surface area (Å²) in [6, 6.07) is 5.91. The lowest BCUT2D eigenvalue weighted by Crippen LogP contribution is -2.40. The molecule has 0 saturated carbocycles. The number of aryl methyl sites for hydroxylation is 1. The molecule has 1 aliphatic rings. The maximum atomic E-state index is 12.5. The van der Waals surface area contributed by atoms with E-state index >= 15 is 0 Å². The molecule has 1 aromatic carbocycles. The van der Waals surface area contributed by atoms with Crippen LogP contribution in [0.5, 0.6) is 5.75 Å². The number of nitrogens with two attached hydrogens (primary N) is 1. The van der Waals surface area contributed by atoms with Gasteiger partial charge in [-0.15, -0.1) is 0 Å². The first kappa shape index (κ1) is 16.6. The van der Waals surface area contributed by atoms with E-state index in [0.29, 0.717) is 19.7 Å². The van der Waals surface area contributed by atoms with E-state index in [1.807, 2.05) is 39.0 Å². The number of hydrogen-bond donors (Lipinski definition) is 1. The number of fused-ring (bicyclic) bond motifs is 1. The van der Waals surface area contributed by atoms with Crippen LogP contribution in [0.25, 0.3) is 0 Å². The highest BCUT2D eigenvalue weighted by Gasteiger charge is 2.29. The molecule has 2 N–H and O–H groups in total. The van der Waals surface area contributed by atoms with Gasteiger partial charge in [0.05, 0.1) is 12.3 Å². The minimum absolute atomic E-state index is 0.316. The summed E-state index contributed by atoms with van der Waals surface area (Å²) < 4.78 is 11.4. The first-order valence-corrected chi connectivity index (χ1v) is 7.87. The number of rotatable bonds is 4. The average Bonchev–Trinajstić information content (AvgIpc) is 2.45. The maximum Gasteiger partial charge on any atom is 0.414 e. The number of ether oxygens (including phenoxy) is 2. The van der Waals surface area contributed by atoms with Gasteiger partial charge in [0.25, 0.3) is 0 Å². The molecule has 1 aromatic rings. The van der Waals surface area contributed by atoms with E-state index in [0.717, 1.165) is 36.3 Å². The van der Waals surface area contributed by atoms with Gasteiger partial charge in [-0.1, -0.05) is 12.1 Å². The van der Waals surface area contributed by atoms with Crippen LogP contribution in [0, 0.1) is 0 Å².